The number of alkyl halides is 3. The summed E-state index contributed by atoms with van der Waals surface area (Å²) < 4.78 is 39.0. The van der Waals surface area contributed by atoms with Crippen LogP contribution in [-0.4, -0.2) is 11.7 Å². The monoisotopic (exact) mass is 381 g/mol. The van der Waals surface area contributed by atoms with Crippen LogP contribution in [0.5, 0.6) is 0 Å². The van der Waals surface area contributed by atoms with Gasteiger partial charge in [-0.2, -0.15) is 13.2 Å². The van der Waals surface area contributed by atoms with Gasteiger partial charge in [-0.15, -0.1) is 11.8 Å². The molecule has 0 atom stereocenters. The third-order valence-corrected chi connectivity index (χ3v) is 5.08. The number of carbonyl (C=O) groups excluding carboxylic acids is 1. The lowest BCUT2D eigenvalue weighted by molar-refractivity contribution is -0.137. The summed E-state index contributed by atoms with van der Waals surface area (Å²) in [7, 11) is 0. The Labute approximate surface area is 156 Å². The van der Waals surface area contributed by atoms with E-state index in [1.54, 1.807) is 0 Å². The standard InChI is InChI=1S/C20H22F3NOS/c1-13-9-10-14(19(2,3)4)11-17(13)26-12-18(25)24-16-8-6-5-7-15(16)20(21,22)23/h5-11H,12H2,1-4H3,(H,24,25). The summed E-state index contributed by atoms with van der Waals surface area (Å²) in [6, 6.07) is 11.1. The smallest absolute Gasteiger partial charge is 0.325 e. The number of carbonyl (C=O) groups is 1. The average Bonchev–Trinajstić information content (AvgIpc) is 2.52. The van der Waals surface area contributed by atoms with Crippen LogP contribution in [0.3, 0.4) is 0 Å². The molecule has 2 nitrogen and oxygen atoms in total. The number of hydrogen-bond donors (Lipinski definition) is 1. The van der Waals surface area contributed by atoms with Crippen LogP contribution in [0.1, 0.15) is 37.5 Å². The van der Waals surface area contributed by atoms with Crippen LogP contribution in [0.4, 0.5) is 18.9 Å². The minimum absolute atomic E-state index is 0.0169. The zero-order chi connectivity index (χ0) is 19.5. The molecule has 0 unspecified atom stereocenters. The minimum Gasteiger partial charge on any atom is -0.325 e. The lowest BCUT2D eigenvalue weighted by Crippen LogP contribution is -2.18. The van der Waals surface area contributed by atoms with Gasteiger partial charge in [0.25, 0.3) is 0 Å². The number of amides is 1. The molecule has 0 saturated heterocycles. The van der Waals surface area contributed by atoms with Crippen LogP contribution in [0.2, 0.25) is 0 Å². The molecule has 26 heavy (non-hydrogen) atoms. The van der Waals surface area contributed by atoms with Crippen molar-refractivity contribution in [2.45, 2.75) is 44.2 Å². The SMILES string of the molecule is Cc1ccc(C(C)(C)C)cc1SCC(=O)Nc1ccccc1C(F)(F)F. The van der Waals surface area contributed by atoms with E-state index in [1.165, 1.54) is 30.0 Å². The predicted molar refractivity (Wildman–Crippen MR) is 101 cm³/mol. The Morgan fingerprint density at radius 2 is 1.73 bits per heavy atom. The molecule has 0 bridgehead atoms. The molecule has 0 spiro atoms. The number of aryl methyl sites for hydroxylation is 1. The Kier molecular flexibility index (Phi) is 6.06. The predicted octanol–water partition coefficient (Wildman–Crippen LogP) is 6.04. The second kappa shape index (κ2) is 7.74. The number of thioether (sulfide) groups is 1. The molecule has 6 heteroatoms. The Balaban J connectivity index is 2.09. The van der Waals surface area contributed by atoms with E-state index in [9.17, 15) is 18.0 Å². The van der Waals surface area contributed by atoms with E-state index in [0.29, 0.717) is 0 Å². The number of benzene rings is 2. The highest BCUT2D eigenvalue weighted by molar-refractivity contribution is 8.00. The Hall–Kier alpha value is -1.95. The quantitative estimate of drug-likeness (QED) is 0.654. The van der Waals surface area contributed by atoms with Crippen molar-refractivity contribution < 1.29 is 18.0 Å². The number of hydrogen-bond acceptors (Lipinski definition) is 2. The van der Waals surface area contributed by atoms with Gasteiger partial charge in [-0.05, 0) is 41.7 Å². The van der Waals surface area contributed by atoms with Crippen molar-refractivity contribution in [3.05, 3.63) is 59.2 Å². The van der Waals surface area contributed by atoms with Crippen LogP contribution in [0, 0.1) is 6.92 Å². The fourth-order valence-electron chi connectivity index (χ4n) is 2.39. The fourth-order valence-corrected chi connectivity index (χ4v) is 3.26. The molecule has 2 aromatic rings. The number of halogens is 3. The van der Waals surface area contributed by atoms with Crippen molar-refractivity contribution in [1.29, 1.82) is 0 Å². The van der Waals surface area contributed by atoms with Gasteiger partial charge in [0.1, 0.15) is 0 Å². The van der Waals surface area contributed by atoms with Crippen LogP contribution in [0.25, 0.3) is 0 Å². The fraction of sp³-hybridized carbons (Fsp3) is 0.350. The molecule has 1 N–H and O–H groups in total. The van der Waals surface area contributed by atoms with Gasteiger partial charge in [-0.1, -0.05) is 45.0 Å². The summed E-state index contributed by atoms with van der Waals surface area (Å²) in [4.78, 5) is 13.1. The Bertz CT molecular complexity index is 794. The highest BCUT2D eigenvalue weighted by Gasteiger charge is 2.33. The Morgan fingerprint density at radius 3 is 2.35 bits per heavy atom. The lowest BCUT2D eigenvalue weighted by Gasteiger charge is -2.20. The van der Waals surface area contributed by atoms with Crippen molar-refractivity contribution in [3.8, 4) is 0 Å². The maximum Gasteiger partial charge on any atom is 0.418 e. The summed E-state index contributed by atoms with van der Waals surface area (Å²) in [5.41, 5.74) is 1.10. The number of para-hydroxylation sites is 1. The second-order valence-corrected chi connectivity index (χ2v) is 8.13. The molecule has 0 heterocycles. The third kappa shape index (κ3) is 5.27. The van der Waals surface area contributed by atoms with Crippen molar-refractivity contribution >= 4 is 23.4 Å². The molecule has 0 aliphatic heterocycles. The lowest BCUT2D eigenvalue weighted by atomic mass is 9.87. The first kappa shape index (κ1) is 20.4. The first-order valence-corrected chi connectivity index (χ1v) is 9.17. The summed E-state index contributed by atoms with van der Waals surface area (Å²) in [5.74, 6) is -0.423. The second-order valence-electron chi connectivity index (χ2n) is 7.11. The zero-order valence-electron chi connectivity index (χ0n) is 15.2. The molecule has 0 aliphatic rings. The van der Waals surface area contributed by atoms with Gasteiger partial charge in [0.05, 0.1) is 17.0 Å². The van der Waals surface area contributed by atoms with Gasteiger partial charge in [0, 0.05) is 4.90 Å². The van der Waals surface area contributed by atoms with Crippen LogP contribution in [-0.2, 0) is 16.4 Å². The first-order valence-electron chi connectivity index (χ1n) is 8.18. The van der Waals surface area contributed by atoms with Crippen molar-refractivity contribution in [2.75, 3.05) is 11.1 Å². The van der Waals surface area contributed by atoms with Gasteiger partial charge in [0.2, 0.25) is 5.91 Å². The topological polar surface area (TPSA) is 29.1 Å². The van der Waals surface area contributed by atoms with Crippen LogP contribution >= 0.6 is 11.8 Å². The summed E-state index contributed by atoms with van der Waals surface area (Å²) in [6.07, 6.45) is -4.51. The van der Waals surface area contributed by atoms with Crippen molar-refractivity contribution in [1.82, 2.24) is 0 Å². The van der Waals surface area contributed by atoms with E-state index < -0.39 is 17.6 Å². The summed E-state index contributed by atoms with van der Waals surface area (Å²) in [6.45, 7) is 8.26. The molecule has 0 saturated carbocycles. The number of rotatable bonds is 4. The largest absolute Gasteiger partial charge is 0.418 e. The molecule has 140 valence electrons. The van der Waals surface area contributed by atoms with Crippen molar-refractivity contribution in [3.63, 3.8) is 0 Å². The normalized spacial score (nSPS) is 12.1. The minimum atomic E-state index is -4.51. The first-order chi connectivity index (χ1) is 12.0. The molecule has 2 aromatic carbocycles. The molecular weight excluding hydrogens is 359 g/mol. The molecule has 0 radical (unpaired) electrons. The van der Waals surface area contributed by atoms with E-state index in [1.807, 2.05) is 19.1 Å². The van der Waals surface area contributed by atoms with E-state index >= 15 is 0 Å². The van der Waals surface area contributed by atoms with Crippen LogP contribution < -0.4 is 5.32 Å². The van der Waals surface area contributed by atoms with E-state index in [0.717, 1.165) is 22.1 Å². The highest BCUT2D eigenvalue weighted by atomic mass is 32.2. The van der Waals surface area contributed by atoms with E-state index in [-0.39, 0.29) is 16.9 Å². The van der Waals surface area contributed by atoms with Gasteiger partial charge >= 0.3 is 6.18 Å². The number of nitrogens with one attached hydrogen (secondary N) is 1. The van der Waals surface area contributed by atoms with Gasteiger partial charge in [-0.3, -0.25) is 4.79 Å². The molecule has 0 aromatic heterocycles. The van der Waals surface area contributed by atoms with Gasteiger partial charge in [0.15, 0.2) is 0 Å². The summed E-state index contributed by atoms with van der Waals surface area (Å²) >= 11 is 1.32. The molecule has 0 fully saturated rings. The molecular formula is C20H22F3NOS. The third-order valence-electron chi connectivity index (χ3n) is 3.92. The molecule has 2 rings (SSSR count). The van der Waals surface area contributed by atoms with Crippen molar-refractivity contribution in [2.24, 2.45) is 0 Å². The van der Waals surface area contributed by atoms with E-state index in [2.05, 4.69) is 32.2 Å². The average molecular weight is 381 g/mol. The van der Waals surface area contributed by atoms with Gasteiger partial charge < -0.3 is 5.32 Å². The zero-order valence-corrected chi connectivity index (χ0v) is 16.0. The summed E-state index contributed by atoms with van der Waals surface area (Å²) in [5, 5.41) is 2.37. The van der Waals surface area contributed by atoms with Crippen LogP contribution in [0.15, 0.2) is 47.4 Å². The van der Waals surface area contributed by atoms with Gasteiger partial charge in [-0.25, -0.2) is 0 Å². The maximum absolute atomic E-state index is 13.0. The molecule has 1 amide bonds. The number of anilines is 1. The van der Waals surface area contributed by atoms with E-state index in [4.69, 9.17) is 0 Å². The maximum atomic E-state index is 13.0. The Morgan fingerprint density at radius 1 is 1.08 bits per heavy atom. The highest BCUT2D eigenvalue weighted by Crippen LogP contribution is 2.35. The molecule has 0 aliphatic carbocycles.